The van der Waals surface area contributed by atoms with Crippen LogP contribution in [0.4, 0.5) is 10.6 Å². The summed E-state index contributed by atoms with van der Waals surface area (Å²) in [5, 5.41) is 3.01. The quantitative estimate of drug-likeness (QED) is 0.755. The maximum Gasteiger partial charge on any atom is 0.317 e. The molecule has 0 saturated carbocycles. The van der Waals surface area contributed by atoms with E-state index in [1.165, 1.54) is 25.7 Å². The smallest absolute Gasteiger partial charge is 0.317 e. The van der Waals surface area contributed by atoms with Gasteiger partial charge >= 0.3 is 6.03 Å². The van der Waals surface area contributed by atoms with Crippen molar-refractivity contribution in [1.29, 1.82) is 0 Å². The number of nitrogens with one attached hydrogen (secondary N) is 1. The van der Waals surface area contributed by atoms with E-state index in [0.29, 0.717) is 13.1 Å². The number of carbonyl (C=O) groups is 1. The molecule has 144 valence electrons. The Balaban J connectivity index is 1.55. The lowest BCUT2D eigenvalue weighted by molar-refractivity contribution is 0.206. The van der Waals surface area contributed by atoms with E-state index in [1.54, 1.807) is 4.90 Å². The summed E-state index contributed by atoms with van der Waals surface area (Å²) in [6.45, 7) is 3.19. The number of amides is 2. The first-order chi connectivity index (χ1) is 13.1. The number of nitrogens with zero attached hydrogens (tertiary/aromatic N) is 3. The molecule has 0 atom stereocenters. The van der Waals surface area contributed by atoms with E-state index in [-0.39, 0.29) is 6.03 Å². The second-order valence-electron chi connectivity index (χ2n) is 7.03. The maximum absolute atomic E-state index is 12.4. The van der Waals surface area contributed by atoms with Gasteiger partial charge in [-0.1, -0.05) is 47.0 Å². The Morgan fingerprint density at radius 1 is 1.19 bits per heavy atom. The van der Waals surface area contributed by atoms with Gasteiger partial charge in [0, 0.05) is 43.9 Å². The predicted molar refractivity (Wildman–Crippen MR) is 113 cm³/mol. The molecular weight excluding hydrogens is 404 g/mol. The van der Waals surface area contributed by atoms with Gasteiger partial charge in [-0.15, -0.1) is 0 Å². The summed E-state index contributed by atoms with van der Waals surface area (Å²) in [5.74, 6) is 1.02. The van der Waals surface area contributed by atoms with Crippen LogP contribution in [0.1, 0.15) is 36.8 Å². The van der Waals surface area contributed by atoms with E-state index in [2.05, 4.69) is 37.2 Å². The Labute approximate surface area is 169 Å². The second-order valence-corrected chi connectivity index (χ2v) is 7.88. The van der Waals surface area contributed by atoms with Gasteiger partial charge in [0.2, 0.25) is 0 Å². The van der Waals surface area contributed by atoms with Crippen LogP contribution in [-0.4, -0.2) is 36.1 Å². The molecule has 0 bridgehead atoms. The SMILES string of the molecule is CN(Cc1ccccc1Br)C(=O)NCc1ccnc(N2CCCCCC2)c1. The number of anilines is 1. The molecule has 1 aromatic carbocycles. The van der Waals surface area contributed by atoms with E-state index in [0.717, 1.165) is 34.5 Å². The van der Waals surface area contributed by atoms with E-state index in [4.69, 9.17) is 0 Å². The van der Waals surface area contributed by atoms with Crippen molar-refractivity contribution in [2.75, 3.05) is 25.0 Å². The highest BCUT2D eigenvalue weighted by Gasteiger charge is 2.13. The highest BCUT2D eigenvalue weighted by Crippen LogP contribution is 2.19. The largest absolute Gasteiger partial charge is 0.357 e. The first-order valence-corrected chi connectivity index (χ1v) is 10.3. The van der Waals surface area contributed by atoms with Gasteiger partial charge in [0.15, 0.2) is 0 Å². The van der Waals surface area contributed by atoms with Crippen molar-refractivity contribution in [3.8, 4) is 0 Å². The molecular formula is C21H27BrN4O. The molecule has 2 amide bonds. The van der Waals surface area contributed by atoms with Crippen molar-refractivity contribution in [3.05, 3.63) is 58.2 Å². The lowest BCUT2D eigenvalue weighted by Crippen LogP contribution is -2.36. The normalized spacial score (nSPS) is 14.5. The van der Waals surface area contributed by atoms with Crippen LogP contribution in [0.5, 0.6) is 0 Å². The summed E-state index contributed by atoms with van der Waals surface area (Å²) in [7, 11) is 1.81. The van der Waals surface area contributed by atoms with Gasteiger partial charge in [-0.05, 0) is 42.2 Å². The molecule has 2 aromatic rings. The van der Waals surface area contributed by atoms with E-state index < -0.39 is 0 Å². The first kappa shape index (κ1) is 19.7. The molecule has 0 spiro atoms. The van der Waals surface area contributed by atoms with Gasteiger partial charge in [0.25, 0.3) is 0 Å². The fourth-order valence-corrected chi connectivity index (χ4v) is 3.72. The molecule has 0 aliphatic carbocycles. The zero-order chi connectivity index (χ0) is 19.1. The van der Waals surface area contributed by atoms with Crippen LogP contribution in [0.15, 0.2) is 47.1 Å². The second kappa shape index (κ2) is 9.74. The number of carbonyl (C=O) groups excluding carboxylic acids is 1. The molecule has 6 heteroatoms. The number of hydrogen-bond acceptors (Lipinski definition) is 3. The highest BCUT2D eigenvalue weighted by atomic mass is 79.9. The van der Waals surface area contributed by atoms with Crippen LogP contribution in [0.25, 0.3) is 0 Å². The van der Waals surface area contributed by atoms with Crippen LogP contribution in [0.2, 0.25) is 0 Å². The number of hydrogen-bond donors (Lipinski definition) is 1. The van der Waals surface area contributed by atoms with E-state index in [9.17, 15) is 4.79 Å². The standard InChI is InChI=1S/C21H27BrN4O/c1-25(16-18-8-4-5-9-19(18)22)21(27)24-15-17-10-11-23-20(14-17)26-12-6-2-3-7-13-26/h4-5,8-11,14H,2-3,6-7,12-13,15-16H2,1H3,(H,24,27). The molecule has 1 saturated heterocycles. The van der Waals surface area contributed by atoms with Crippen molar-refractivity contribution in [1.82, 2.24) is 15.2 Å². The molecule has 2 heterocycles. The van der Waals surface area contributed by atoms with Crippen LogP contribution < -0.4 is 10.2 Å². The van der Waals surface area contributed by atoms with Crippen molar-refractivity contribution >= 4 is 27.8 Å². The Bertz CT molecular complexity index is 759. The summed E-state index contributed by atoms with van der Waals surface area (Å²) in [5.41, 5.74) is 2.16. The Morgan fingerprint density at radius 3 is 2.67 bits per heavy atom. The van der Waals surface area contributed by atoms with Gasteiger partial charge in [0.1, 0.15) is 5.82 Å². The number of pyridine rings is 1. The molecule has 1 aliphatic rings. The zero-order valence-corrected chi connectivity index (χ0v) is 17.4. The number of aromatic nitrogens is 1. The fourth-order valence-electron chi connectivity index (χ4n) is 3.31. The average molecular weight is 431 g/mol. The fraction of sp³-hybridized carbons (Fsp3) is 0.429. The van der Waals surface area contributed by atoms with Gasteiger partial charge in [0.05, 0.1) is 0 Å². The number of benzene rings is 1. The van der Waals surface area contributed by atoms with E-state index in [1.807, 2.05) is 43.6 Å². The van der Waals surface area contributed by atoms with Gasteiger partial charge in [-0.3, -0.25) is 0 Å². The van der Waals surface area contributed by atoms with Gasteiger partial charge < -0.3 is 15.1 Å². The van der Waals surface area contributed by atoms with Crippen LogP contribution in [-0.2, 0) is 13.1 Å². The van der Waals surface area contributed by atoms with Crippen molar-refractivity contribution in [2.45, 2.75) is 38.8 Å². The number of urea groups is 1. The minimum atomic E-state index is -0.0844. The molecule has 1 aromatic heterocycles. The maximum atomic E-state index is 12.4. The summed E-state index contributed by atoms with van der Waals surface area (Å²) in [6, 6.07) is 11.9. The molecule has 1 fully saturated rings. The van der Waals surface area contributed by atoms with E-state index >= 15 is 0 Å². The molecule has 5 nitrogen and oxygen atoms in total. The Kier molecular flexibility index (Phi) is 7.10. The van der Waals surface area contributed by atoms with Gasteiger partial charge in [-0.2, -0.15) is 0 Å². The zero-order valence-electron chi connectivity index (χ0n) is 15.8. The number of rotatable bonds is 5. The molecule has 27 heavy (non-hydrogen) atoms. The van der Waals surface area contributed by atoms with Crippen LogP contribution >= 0.6 is 15.9 Å². The predicted octanol–water partition coefficient (Wildman–Crippen LogP) is 4.57. The monoisotopic (exact) mass is 430 g/mol. The third-order valence-corrected chi connectivity index (χ3v) is 5.67. The Morgan fingerprint density at radius 2 is 1.93 bits per heavy atom. The minimum Gasteiger partial charge on any atom is -0.357 e. The average Bonchev–Trinajstić information content (AvgIpc) is 2.97. The van der Waals surface area contributed by atoms with Crippen LogP contribution in [0.3, 0.4) is 0 Å². The number of halogens is 1. The van der Waals surface area contributed by atoms with Gasteiger partial charge in [-0.25, -0.2) is 9.78 Å². The third kappa shape index (κ3) is 5.70. The van der Waals surface area contributed by atoms with Crippen molar-refractivity contribution in [3.63, 3.8) is 0 Å². The summed E-state index contributed by atoms with van der Waals surface area (Å²) in [4.78, 5) is 21.0. The molecule has 0 radical (unpaired) electrons. The van der Waals surface area contributed by atoms with Crippen molar-refractivity contribution in [2.24, 2.45) is 0 Å². The molecule has 1 N–H and O–H groups in total. The van der Waals surface area contributed by atoms with Crippen LogP contribution in [0, 0.1) is 0 Å². The lowest BCUT2D eigenvalue weighted by atomic mass is 10.2. The first-order valence-electron chi connectivity index (χ1n) is 9.56. The molecule has 1 aliphatic heterocycles. The molecule has 3 rings (SSSR count). The topological polar surface area (TPSA) is 48.5 Å². The molecule has 0 unspecified atom stereocenters. The summed E-state index contributed by atoms with van der Waals surface area (Å²) >= 11 is 3.53. The highest BCUT2D eigenvalue weighted by molar-refractivity contribution is 9.10. The summed E-state index contributed by atoms with van der Waals surface area (Å²) < 4.78 is 1.01. The Hall–Kier alpha value is -2.08. The summed E-state index contributed by atoms with van der Waals surface area (Å²) in [6.07, 6.45) is 6.89. The van der Waals surface area contributed by atoms with Crippen molar-refractivity contribution < 1.29 is 4.79 Å². The minimum absolute atomic E-state index is 0.0844. The third-order valence-electron chi connectivity index (χ3n) is 4.90. The lowest BCUT2D eigenvalue weighted by Gasteiger charge is -2.22.